The molecule has 2 N–H and O–H groups in total. The Bertz CT molecular complexity index is 1310. The molecule has 0 bridgehead atoms. The van der Waals surface area contributed by atoms with Gasteiger partial charge in [0.05, 0.1) is 5.52 Å². The summed E-state index contributed by atoms with van der Waals surface area (Å²) in [4.78, 5) is 6.57. The lowest BCUT2D eigenvalue weighted by atomic mass is 9.72. The van der Waals surface area contributed by atoms with Crippen molar-refractivity contribution in [1.82, 2.24) is 9.88 Å². The van der Waals surface area contributed by atoms with Gasteiger partial charge < -0.3 is 19.8 Å². The van der Waals surface area contributed by atoms with Crippen LogP contribution in [-0.2, 0) is 5.60 Å². The van der Waals surface area contributed by atoms with Crippen molar-refractivity contribution < 1.29 is 14.9 Å². The molecule has 1 atom stereocenters. The van der Waals surface area contributed by atoms with Gasteiger partial charge in [-0.3, -0.25) is 4.98 Å². The molecule has 4 aromatic rings. The monoisotopic (exact) mass is 536 g/mol. The lowest BCUT2D eigenvalue weighted by molar-refractivity contribution is -0.0220. The molecule has 1 unspecified atom stereocenters. The molecule has 192 valence electrons. The number of hydrogen-bond acceptors (Lipinski definition) is 5. The Labute approximate surface area is 227 Å². The van der Waals surface area contributed by atoms with E-state index < -0.39 is 11.7 Å². The van der Waals surface area contributed by atoms with Crippen LogP contribution in [0.1, 0.15) is 24.0 Å². The minimum atomic E-state index is -1.31. The molecule has 0 aliphatic carbocycles. The average molecular weight is 537 g/mol. The predicted molar refractivity (Wildman–Crippen MR) is 148 cm³/mol. The van der Waals surface area contributed by atoms with Gasteiger partial charge in [-0.15, -0.1) is 0 Å². The number of ether oxygens (including phenoxy) is 1. The number of fused-ring (bicyclic) bond motifs is 1. The minimum Gasteiger partial charge on any atom is -0.490 e. The number of piperidine rings is 1. The molecule has 5 nitrogen and oxygen atoms in total. The van der Waals surface area contributed by atoms with Crippen molar-refractivity contribution >= 4 is 34.1 Å². The SMILES string of the molecule is OC(COc1cccc2ncccc12)CN1CCC(C(O)(c2ccccc2Cl)c2ccccc2Cl)CC1. The first-order valence-electron chi connectivity index (χ1n) is 12.6. The summed E-state index contributed by atoms with van der Waals surface area (Å²) < 4.78 is 5.95. The number of β-amino-alcohol motifs (C(OH)–C–C–N with tert-alkyl or cyclic N) is 1. The summed E-state index contributed by atoms with van der Waals surface area (Å²) >= 11 is 13.2. The highest BCUT2D eigenvalue weighted by Crippen LogP contribution is 2.46. The van der Waals surface area contributed by atoms with Gasteiger partial charge in [0.25, 0.3) is 0 Å². The molecule has 1 aromatic heterocycles. The lowest BCUT2D eigenvalue weighted by Crippen LogP contribution is -2.46. The Hall–Kier alpha value is -2.67. The first kappa shape index (κ1) is 26.0. The topological polar surface area (TPSA) is 65.8 Å². The summed E-state index contributed by atoms with van der Waals surface area (Å²) in [6, 6.07) is 24.4. The molecule has 1 aliphatic heterocycles. The number of benzene rings is 3. The van der Waals surface area contributed by atoms with Crippen LogP contribution in [0.3, 0.4) is 0 Å². The van der Waals surface area contributed by atoms with Crippen LogP contribution in [0.4, 0.5) is 0 Å². The molecule has 5 rings (SSSR count). The quantitative estimate of drug-likeness (QED) is 0.292. The highest BCUT2D eigenvalue weighted by atomic mass is 35.5. The van der Waals surface area contributed by atoms with Crippen molar-refractivity contribution in [2.75, 3.05) is 26.2 Å². The number of aliphatic hydroxyl groups excluding tert-OH is 1. The maximum absolute atomic E-state index is 12.2. The van der Waals surface area contributed by atoms with Crippen molar-refractivity contribution in [2.45, 2.75) is 24.5 Å². The molecular formula is C30H30Cl2N2O3. The summed E-state index contributed by atoms with van der Waals surface area (Å²) in [6.07, 6.45) is 2.57. The van der Waals surface area contributed by atoms with Gasteiger partial charge in [-0.25, -0.2) is 0 Å². The second-order valence-electron chi connectivity index (χ2n) is 9.59. The van der Waals surface area contributed by atoms with E-state index in [4.69, 9.17) is 27.9 Å². The fourth-order valence-corrected chi connectivity index (χ4v) is 5.96. The molecule has 0 saturated carbocycles. The van der Waals surface area contributed by atoms with E-state index in [9.17, 15) is 10.2 Å². The third-order valence-corrected chi connectivity index (χ3v) is 7.91. The van der Waals surface area contributed by atoms with Gasteiger partial charge in [-0.2, -0.15) is 0 Å². The lowest BCUT2D eigenvalue weighted by Gasteiger charge is -2.43. The van der Waals surface area contributed by atoms with Crippen LogP contribution in [-0.4, -0.2) is 52.4 Å². The summed E-state index contributed by atoms with van der Waals surface area (Å²) in [6.45, 7) is 2.15. The van der Waals surface area contributed by atoms with E-state index in [1.54, 1.807) is 18.3 Å². The van der Waals surface area contributed by atoms with Gasteiger partial charge in [0.1, 0.15) is 24.1 Å². The molecule has 1 aliphatic rings. The first-order chi connectivity index (χ1) is 18.0. The zero-order valence-electron chi connectivity index (χ0n) is 20.4. The Kier molecular flexibility index (Phi) is 7.98. The highest BCUT2D eigenvalue weighted by Gasteiger charge is 2.44. The van der Waals surface area contributed by atoms with E-state index in [-0.39, 0.29) is 12.5 Å². The van der Waals surface area contributed by atoms with Crippen LogP contribution in [0.15, 0.2) is 85.1 Å². The number of rotatable bonds is 8. The summed E-state index contributed by atoms with van der Waals surface area (Å²) in [5, 5.41) is 24.9. The number of likely N-dealkylation sites (tertiary alicyclic amines) is 1. The van der Waals surface area contributed by atoms with Crippen LogP contribution < -0.4 is 4.74 Å². The molecule has 7 heteroatoms. The molecule has 0 spiro atoms. The Morgan fingerprint density at radius 1 is 0.892 bits per heavy atom. The molecule has 1 saturated heterocycles. The van der Waals surface area contributed by atoms with E-state index >= 15 is 0 Å². The number of hydrogen-bond donors (Lipinski definition) is 2. The third kappa shape index (κ3) is 5.47. The Balaban J connectivity index is 1.25. The molecule has 0 radical (unpaired) electrons. The third-order valence-electron chi connectivity index (χ3n) is 7.25. The van der Waals surface area contributed by atoms with Gasteiger partial charge in [-0.1, -0.05) is 65.7 Å². The highest BCUT2D eigenvalue weighted by molar-refractivity contribution is 6.32. The smallest absolute Gasteiger partial charge is 0.128 e. The molecule has 3 aromatic carbocycles. The van der Waals surface area contributed by atoms with Crippen LogP contribution >= 0.6 is 23.2 Å². The van der Waals surface area contributed by atoms with E-state index in [2.05, 4.69) is 9.88 Å². The first-order valence-corrected chi connectivity index (χ1v) is 13.3. The average Bonchev–Trinajstić information content (AvgIpc) is 2.92. The zero-order chi connectivity index (χ0) is 25.8. The van der Waals surface area contributed by atoms with Crippen LogP contribution in [0.2, 0.25) is 10.0 Å². The van der Waals surface area contributed by atoms with Gasteiger partial charge in [-0.05, 0) is 68.2 Å². The molecule has 37 heavy (non-hydrogen) atoms. The maximum atomic E-state index is 12.2. The standard InChI is InChI=1S/C30H30Cl2N2O3/c31-26-10-3-1-8-24(26)30(36,25-9-2-4-11-27(25)32)21-14-17-34(18-15-21)19-22(35)20-37-29-13-5-12-28-23(29)7-6-16-33-28/h1-13,16,21-22,35-36H,14-15,17-20H2. The van der Waals surface area contributed by atoms with Gasteiger partial charge in [0, 0.05) is 39.3 Å². The van der Waals surface area contributed by atoms with Crippen molar-refractivity contribution in [3.8, 4) is 5.75 Å². The summed E-state index contributed by atoms with van der Waals surface area (Å²) in [7, 11) is 0. The van der Waals surface area contributed by atoms with Crippen LogP contribution in [0, 0.1) is 5.92 Å². The number of halogens is 2. The van der Waals surface area contributed by atoms with E-state index in [0.717, 1.165) is 36.8 Å². The van der Waals surface area contributed by atoms with E-state index in [1.165, 1.54) is 0 Å². The van der Waals surface area contributed by atoms with Gasteiger partial charge in [0.2, 0.25) is 0 Å². The normalized spacial score (nSPS) is 16.1. The van der Waals surface area contributed by atoms with E-state index in [0.29, 0.717) is 33.5 Å². The maximum Gasteiger partial charge on any atom is 0.128 e. The molecule has 0 amide bonds. The second-order valence-corrected chi connectivity index (χ2v) is 10.4. The number of aromatic nitrogens is 1. The van der Waals surface area contributed by atoms with Gasteiger partial charge >= 0.3 is 0 Å². The van der Waals surface area contributed by atoms with Crippen LogP contribution in [0.5, 0.6) is 5.75 Å². The molecule has 2 heterocycles. The molecule has 1 fully saturated rings. The van der Waals surface area contributed by atoms with Crippen molar-refractivity contribution in [1.29, 1.82) is 0 Å². The number of nitrogens with zero attached hydrogens (tertiary/aromatic N) is 2. The largest absolute Gasteiger partial charge is 0.490 e. The van der Waals surface area contributed by atoms with Crippen molar-refractivity contribution in [3.63, 3.8) is 0 Å². The number of pyridine rings is 1. The Morgan fingerprint density at radius 2 is 1.54 bits per heavy atom. The minimum absolute atomic E-state index is 0.0832. The second kappa shape index (κ2) is 11.4. The molecular weight excluding hydrogens is 507 g/mol. The zero-order valence-corrected chi connectivity index (χ0v) is 21.9. The summed E-state index contributed by atoms with van der Waals surface area (Å²) in [5.74, 6) is 0.632. The fourth-order valence-electron chi connectivity index (χ4n) is 5.40. The van der Waals surface area contributed by atoms with Crippen molar-refractivity contribution in [3.05, 3.63) is 106 Å². The van der Waals surface area contributed by atoms with Crippen molar-refractivity contribution in [2.24, 2.45) is 5.92 Å². The predicted octanol–water partition coefficient (Wildman–Crippen LogP) is 5.93. The van der Waals surface area contributed by atoms with Crippen LogP contribution in [0.25, 0.3) is 10.9 Å². The Morgan fingerprint density at radius 3 is 2.19 bits per heavy atom. The van der Waals surface area contributed by atoms with E-state index in [1.807, 2.05) is 66.7 Å². The fraction of sp³-hybridized carbons (Fsp3) is 0.300. The van der Waals surface area contributed by atoms with Gasteiger partial charge in [0.15, 0.2) is 0 Å². The number of aliphatic hydroxyl groups is 2. The summed E-state index contributed by atoms with van der Waals surface area (Å²) in [5.41, 5.74) is 0.885.